The highest BCUT2D eigenvalue weighted by Gasteiger charge is 2.47. The van der Waals surface area contributed by atoms with Crippen molar-refractivity contribution in [3.05, 3.63) is 40.6 Å². The lowest BCUT2D eigenvalue weighted by atomic mass is 9.61. The fourth-order valence-electron chi connectivity index (χ4n) is 5.43. The number of carboxylic acid groups (broad SMARTS) is 1. The van der Waals surface area contributed by atoms with Gasteiger partial charge in [-0.2, -0.15) is 5.10 Å². The molecule has 0 aromatic carbocycles. The van der Waals surface area contributed by atoms with Gasteiger partial charge in [-0.25, -0.2) is 19.3 Å². The van der Waals surface area contributed by atoms with E-state index in [2.05, 4.69) is 20.5 Å². The van der Waals surface area contributed by atoms with Gasteiger partial charge >= 0.3 is 5.97 Å². The van der Waals surface area contributed by atoms with E-state index in [-0.39, 0.29) is 28.7 Å². The summed E-state index contributed by atoms with van der Waals surface area (Å²) >= 11 is 7.35. The SMILES string of the molecule is O=C(O)[C@H]1C2CCC(CC2)[C@@H]1Nc1cc(-c2cccs2)nc(-c2[nH]nc3nc(Cl)c(F)cc23)n1. The molecular formula is C23H20ClFN6O2S. The zero-order valence-electron chi connectivity index (χ0n) is 17.8. The molecule has 2 bridgehead atoms. The molecule has 3 saturated carbocycles. The van der Waals surface area contributed by atoms with Crippen LogP contribution in [-0.2, 0) is 4.79 Å². The maximum absolute atomic E-state index is 14.2. The maximum atomic E-state index is 14.2. The van der Waals surface area contributed by atoms with Gasteiger partial charge in [-0.05, 0) is 55.0 Å². The monoisotopic (exact) mass is 498 g/mol. The van der Waals surface area contributed by atoms with E-state index in [4.69, 9.17) is 21.6 Å². The van der Waals surface area contributed by atoms with Gasteiger partial charge in [0.1, 0.15) is 11.5 Å². The minimum atomic E-state index is -0.766. The molecule has 34 heavy (non-hydrogen) atoms. The molecule has 8 nitrogen and oxygen atoms in total. The molecule has 0 saturated heterocycles. The summed E-state index contributed by atoms with van der Waals surface area (Å²) in [6.45, 7) is 0. The Bertz CT molecular complexity index is 1390. The van der Waals surface area contributed by atoms with Gasteiger partial charge in [0.2, 0.25) is 0 Å². The van der Waals surface area contributed by atoms with Crippen LogP contribution in [0, 0.1) is 23.6 Å². The van der Waals surface area contributed by atoms with Crippen LogP contribution in [-0.4, -0.2) is 42.3 Å². The number of aliphatic carboxylic acids is 1. The van der Waals surface area contributed by atoms with E-state index in [1.54, 1.807) is 0 Å². The van der Waals surface area contributed by atoms with Gasteiger partial charge in [0.25, 0.3) is 0 Å². The van der Waals surface area contributed by atoms with Crippen LogP contribution in [0.1, 0.15) is 25.7 Å². The second-order valence-corrected chi connectivity index (χ2v) is 10.2. The van der Waals surface area contributed by atoms with Gasteiger partial charge < -0.3 is 10.4 Å². The Kier molecular flexibility index (Phi) is 5.22. The van der Waals surface area contributed by atoms with E-state index in [0.29, 0.717) is 28.4 Å². The summed E-state index contributed by atoms with van der Waals surface area (Å²) in [7, 11) is 0. The number of aromatic amines is 1. The number of carboxylic acids is 1. The summed E-state index contributed by atoms with van der Waals surface area (Å²) in [5.74, 6) is -0.583. The second-order valence-electron chi connectivity index (χ2n) is 8.88. The molecule has 3 fully saturated rings. The van der Waals surface area contributed by atoms with Gasteiger partial charge in [-0.3, -0.25) is 9.89 Å². The number of rotatable bonds is 5. The van der Waals surface area contributed by atoms with Crippen molar-refractivity contribution in [2.24, 2.45) is 17.8 Å². The molecule has 0 amide bonds. The molecule has 4 aromatic rings. The van der Waals surface area contributed by atoms with Crippen LogP contribution in [0.3, 0.4) is 0 Å². The lowest BCUT2D eigenvalue weighted by molar-refractivity contribution is -0.148. The Labute approximate surface area is 202 Å². The number of nitrogens with one attached hydrogen (secondary N) is 2. The van der Waals surface area contributed by atoms with Crippen molar-refractivity contribution < 1.29 is 14.3 Å². The van der Waals surface area contributed by atoms with Gasteiger partial charge in [0.15, 0.2) is 22.4 Å². The van der Waals surface area contributed by atoms with Crippen LogP contribution in [0.25, 0.3) is 33.1 Å². The van der Waals surface area contributed by atoms with E-state index in [1.165, 1.54) is 17.4 Å². The maximum Gasteiger partial charge on any atom is 0.308 e. The largest absolute Gasteiger partial charge is 0.481 e. The number of pyridine rings is 1. The molecule has 3 aliphatic carbocycles. The summed E-state index contributed by atoms with van der Waals surface area (Å²) in [4.78, 5) is 26.4. The van der Waals surface area contributed by atoms with Crippen LogP contribution in [0.2, 0.25) is 5.15 Å². The summed E-state index contributed by atoms with van der Waals surface area (Å²) in [5.41, 5.74) is 1.36. The van der Waals surface area contributed by atoms with Crippen LogP contribution >= 0.6 is 22.9 Å². The van der Waals surface area contributed by atoms with Crippen LogP contribution in [0.15, 0.2) is 29.6 Å². The molecule has 2 atom stereocenters. The summed E-state index contributed by atoms with van der Waals surface area (Å²) in [6.07, 6.45) is 3.94. The topological polar surface area (TPSA) is 117 Å². The molecule has 174 valence electrons. The quantitative estimate of drug-likeness (QED) is 0.322. The highest BCUT2D eigenvalue weighted by atomic mass is 35.5. The highest BCUT2D eigenvalue weighted by molar-refractivity contribution is 7.13. The smallest absolute Gasteiger partial charge is 0.308 e. The standard InChI is InChI=1S/C23H20ClFN6O2S/c24-20-13(25)8-12-19(30-31-21(12)29-20)22-26-14(15-2-1-7-34-15)9-16(28-22)27-18-11-5-3-10(4-6-11)17(18)23(32)33/h1-2,7-11,17-18H,3-6H2,(H,32,33)(H,26,27,28)(H,29,30,31)/t10?,11?,17-,18-/m0/s1. The number of H-pyrrole nitrogens is 1. The van der Waals surface area contributed by atoms with Crippen molar-refractivity contribution in [3.63, 3.8) is 0 Å². The average Bonchev–Trinajstić information content (AvgIpc) is 3.50. The van der Waals surface area contributed by atoms with Crippen LogP contribution in [0.5, 0.6) is 0 Å². The Morgan fingerprint density at radius 1 is 1.18 bits per heavy atom. The first-order valence-corrected chi connectivity index (χ1v) is 12.4. The number of fused-ring (bicyclic) bond motifs is 4. The van der Waals surface area contributed by atoms with E-state index >= 15 is 0 Å². The third kappa shape index (κ3) is 3.61. The zero-order chi connectivity index (χ0) is 23.4. The normalized spacial score (nSPS) is 23.9. The summed E-state index contributed by atoms with van der Waals surface area (Å²) < 4.78 is 14.2. The molecule has 0 spiro atoms. The van der Waals surface area contributed by atoms with E-state index < -0.39 is 17.7 Å². The third-order valence-corrected chi connectivity index (χ3v) is 8.16. The minimum absolute atomic E-state index is 0.174. The molecule has 0 radical (unpaired) electrons. The molecule has 7 rings (SSSR count). The van der Waals surface area contributed by atoms with Gasteiger partial charge in [-0.15, -0.1) is 11.3 Å². The van der Waals surface area contributed by atoms with E-state index in [9.17, 15) is 14.3 Å². The van der Waals surface area contributed by atoms with Crippen molar-refractivity contribution in [3.8, 4) is 22.1 Å². The number of anilines is 1. The molecule has 0 aliphatic heterocycles. The third-order valence-electron chi connectivity index (χ3n) is 7.00. The van der Waals surface area contributed by atoms with Crippen molar-refractivity contribution in [1.82, 2.24) is 25.1 Å². The predicted molar refractivity (Wildman–Crippen MR) is 127 cm³/mol. The van der Waals surface area contributed by atoms with Crippen LogP contribution in [0.4, 0.5) is 10.2 Å². The highest BCUT2D eigenvalue weighted by Crippen LogP contribution is 2.46. The number of thiophene rings is 1. The lowest BCUT2D eigenvalue weighted by Gasteiger charge is -2.47. The summed E-state index contributed by atoms with van der Waals surface area (Å²) in [5, 5.41) is 22.5. The lowest BCUT2D eigenvalue weighted by Crippen LogP contribution is -2.51. The molecule has 4 heterocycles. The number of aromatic nitrogens is 5. The van der Waals surface area contributed by atoms with Gasteiger partial charge in [0, 0.05) is 12.1 Å². The molecule has 0 unspecified atom stereocenters. The predicted octanol–water partition coefficient (Wildman–Crippen LogP) is 5.24. The fraction of sp³-hybridized carbons (Fsp3) is 0.348. The molecule has 3 aliphatic rings. The Hall–Kier alpha value is -3.11. The van der Waals surface area contributed by atoms with Crippen molar-refractivity contribution in [1.29, 1.82) is 0 Å². The van der Waals surface area contributed by atoms with Crippen molar-refractivity contribution in [2.45, 2.75) is 31.7 Å². The Balaban J connectivity index is 1.45. The molecule has 11 heteroatoms. The molecular weight excluding hydrogens is 479 g/mol. The minimum Gasteiger partial charge on any atom is -0.481 e. The first-order chi connectivity index (χ1) is 16.5. The first-order valence-electron chi connectivity index (χ1n) is 11.1. The Morgan fingerprint density at radius 3 is 2.71 bits per heavy atom. The van der Waals surface area contributed by atoms with Crippen molar-refractivity contribution >= 4 is 45.8 Å². The summed E-state index contributed by atoms with van der Waals surface area (Å²) in [6, 6.07) is 6.78. The molecule has 4 aromatic heterocycles. The fourth-order valence-corrected chi connectivity index (χ4v) is 6.25. The second kappa shape index (κ2) is 8.28. The first kappa shape index (κ1) is 21.4. The number of nitrogens with zero attached hydrogens (tertiary/aromatic N) is 4. The molecule has 3 N–H and O–H groups in total. The van der Waals surface area contributed by atoms with Crippen molar-refractivity contribution in [2.75, 3.05) is 5.32 Å². The Morgan fingerprint density at radius 2 is 1.97 bits per heavy atom. The number of hydrogen-bond donors (Lipinski definition) is 3. The average molecular weight is 499 g/mol. The van der Waals surface area contributed by atoms with E-state index in [1.807, 2.05) is 23.6 Å². The van der Waals surface area contributed by atoms with E-state index in [0.717, 1.165) is 30.6 Å². The number of hydrogen-bond acceptors (Lipinski definition) is 7. The number of carbonyl (C=O) groups is 1. The van der Waals surface area contributed by atoms with Gasteiger partial charge in [-0.1, -0.05) is 17.7 Å². The van der Waals surface area contributed by atoms with Crippen LogP contribution < -0.4 is 5.32 Å². The zero-order valence-corrected chi connectivity index (χ0v) is 19.4. The van der Waals surface area contributed by atoms with Gasteiger partial charge in [0.05, 0.1) is 21.9 Å². The number of halogens is 2.